The highest BCUT2D eigenvalue weighted by Gasteiger charge is 2.37. The average molecular weight is 327 g/mol. The summed E-state index contributed by atoms with van der Waals surface area (Å²) in [7, 11) is 1.62. The van der Waals surface area contributed by atoms with E-state index < -0.39 is 12.1 Å². The summed E-state index contributed by atoms with van der Waals surface area (Å²) in [5.41, 5.74) is 1.35. The number of carboxylic acid groups (broad SMARTS) is 1. The van der Waals surface area contributed by atoms with Crippen LogP contribution >= 0.6 is 11.6 Å². The zero-order valence-electron chi connectivity index (χ0n) is 12.5. The van der Waals surface area contributed by atoms with Gasteiger partial charge in [-0.15, -0.1) is 0 Å². The lowest BCUT2D eigenvalue weighted by Crippen LogP contribution is -2.43. The lowest BCUT2D eigenvalue weighted by Gasteiger charge is -2.24. The number of halogens is 1. The van der Waals surface area contributed by atoms with Crippen molar-refractivity contribution in [3.05, 3.63) is 34.3 Å². The van der Waals surface area contributed by atoms with E-state index in [2.05, 4.69) is 0 Å². The van der Waals surface area contributed by atoms with Gasteiger partial charge in [-0.25, -0.2) is 0 Å². The first-order valence-electron chi connectivity index (χ1n) is 6.95. The quantitative estimate of drug-likeness (QED) is 0.857. The molecule has 0 aliphatic carbocycles. The zero-order valence-corrected chi connectivity index (χ0v) is 13.2. The van der Waals surface area contributed by atoms with Crippen LogP contribution in [0.5, 0.6) is 0 Å². The number of likely N-dealkylation sites (tertiary alicyclic amines) is 1. The van der Waals surface area contributed by atoms with Crippen LogP contribution in [-0.2, 0) is 4.79 Å². The highest BCUT2D eigenvalue weighted by molar-refractivity contribution is 6.31. The number of hydrogen-bond acceptors (Lipinski definition) is 4. The van der Waals surface area contributed by atoms with E-state index in [0.717, 1.165) is 5.56 Å². The van der Waals surface area contributed by atoms with Gasteiger partial charge in [-0.1, -0.05) is 17.7 Å². The maximum atomic E-state index is 12.5. The molecule has 1 aliphatic heterocycles. The number of likely N-dealkylation sites (N-methyl/N-ethyl adjacent to an activating group) is 1. The Labute approximate surface area is 133 Å². The molecule has 1 saturated heterocycles. The molecule has 2 atom stereocenters. The van der Waals surface area contributed by atoms with Crippen molar-refractivity contribution >= 4 is 23.5 Å². The van der Waals surface area contributed by atoms with E-state index >= 15 is 0 Å². The Morgan fingerprint density at radius 1 is 1.41 bits per heavy atom. The predicted molar refractivity (Wildman–Crippen MR) is 82.2 cm³/mol. The molecule has 7 heteroatoms. The molecule has 1 heterocycles. The molecular weight excluding hydrogens is 308 g/mol. The van der Waals surface area contributed by atoms with Gasteiger partial charge in [0, 0.05) is 23.7 Å². The van der Waals surface area contributed by atoms with Crippen molar-refractivity contribution in [2.24, 2.45) is 0 Å². The zero-order chi connectivity index (χ0) is 16.4. The van der Waals surface area contributed by atoms with Crippen molar-refractivity contribution in [1.82, 2.24) is 9.80 Å². The van der Waals surface area contributed by atoms with Crippen LogP contribution in [0.15, 0.2) is 18.2 Å². The first kappa shape index (κ1) is 16.7. The summed E-state index contributed by atoms with van der Waals surface area (Å²) in [6, 6.07) is 4.70. The number of carboxylic acids is 1. The van der Waals surface area contributed by atoms with E-state index in [1.165, 1.54) is 4.90 Å². The van der Waals surface area contributed by atoms with E-state index in [-0.39, 0.29) is 31.6 Å². The third-order valence-corrected chi connectivity index (χ3v) is 4.32. The van der Waals surface area contributed by atoms with Crippen LogP contribution in [0.3, 0.4) is 0 Å². The molecule has 2 N–H and O–H groups in total. The molecule has 1 amide bonds. The van der Waals surface area contributed by atoms with Crippen molar-refractivity contribution in [3.8, 4) is 0 Å². The van der Waals surface area contributed by atoms with Crippen molar-refractivity contribution in [1.29, 1.82) is 0 Å². The van der Waals surface area contributed by atoms with Gasteiger partial charge in [-0.3, -0.25) is 14.5 Å². The smallest absolute Gasteiger partial charge is 0.317 e. The van der Waals surface area contributed by atoms with Crippen LogP contribution in [0.25, 0.3) is 0 Å². The average Bonchev–Trinajstić information content (AvgIpc) is 2.82. The molecule has 120 valence electrons. The van der Waals surface area contributed by atoms with Gasteiger partial charge >= 0.3 is 5.97 Å². The second kappa shape index (κ2) is 6.64. The van der Waals surface area contributed by atoms with Crippen molar-refractivity contribution in [2.45, 2.75) is 19.1 Å². The SMILES string of the molecule is Cc1ccc(C(=O)N2C[C@@H](O)[C@@H](N(C)CC(=O)O)C2)cc1Cl. The Morgan fingerprint density at radius 2 is 2.09 bits per heavy atom. The minimum atomic E-state index is -0.968. The highest BCUT2D eigenvalue weighted by Crippen LogP contribution is 2.21. The van der Waals surface area contributed by atoms with Gasteiger partial charge < -0.3 is 15.1 Å². The second-order valence-electron chi connectivity index (χ2n) is 5.62. The van der Waals surface area contributed by atoms with Crippen LogP contribution in [0.1, 0.15) is 15.9 Å². The number of β-amino-alcohol motifs (C(OH)–C–C–N with tert-alkyl or cyclic N) is 1. The summed E-state index contributed by atoms with van der Waals surface area (Å²) in [6.45, 7) is 2.14. The fraction of sp³-hybridized carbons (Fsp3) is 0.467. The van der Waals surface area contributed by atoms with Crippen molar-refractivity contribution in [3.63, 3.8) is 0 Å². The minimum absolute atomic E-state index is 0.180. The monoisotopic (exact) mass is 326 g/mol. The number of benzene rings is 1. The molecule has 2 rings (SSSR count). The van der Waals surface area contributed by atoms with Gasteiger partial charge in [0.25, 0.3) is 5.91 Å². The fourth-order valence-corrected chi connectivity index (χ4v) is 2.79. The van der Waals surface area contributed by atoms with Gasteiger partial charge in [0.2, 0.25) is 0 Å². The number of aliphatic carboxylic acids is 1. The number of aryl methyl sites for hydroxylation is 1. The van der Waals surface area contributed by atoms with Crippen LogP contribution in [0.4, 0.5) is 0 Å². The Bertz CT molecular complexity index is 593. The van der Waals surface area contributed by atoms with E-state index in [9.17, 15) is 14.7 Å². The number of aliphatic hydroxyl groups is 1. The molecule has 1 aliphatic rings. The minimum Gasteiger partial charge on any atom is -0.480 e. The number of carbonyl (C=O) groups is 2. The lowest BCUT2D eigenvalue weighted by atomic mass is 10.1. The van der Waals surface area contributed by atoms with Crippen LogP contribution in [0, 0.1) is 6.92 Å². The Kier molecular flexibility index (Phi) is 5.05. The predicted octanol–water partition coefficient (Wildman–Crippen LogP) is 0.850. The van der Waals surface area contributed by atoms with Gasteiger partial charge in [0.05, 0.1) is 18.7 Å². The van der Waals surface area contributed by atoms with E-state index in [1.54, 1.807) is 30.1 Å². The molecule has 0 saturated carbocycles. The summed E-state index contributed by atoms with van der Waals surface area (Å²) in [4.78, 5) is 26.3. The van der Waals surface area contributed by atoms with Crippen LogP contribution in [0.2, 0.25) is 5.02 Å². The van der Waals surface area contributed by atoms with Gasteiger partial charge in [0.1, 0.15) is 0 Å². The maximum Gasteiger partial charge on any atom is 0.317 e. The van der Waals surface area contributed by atoms with Crippen molar-refractivity contribution in [2.75, 3.05) is 26.7 Å². The molecule has 22 heavy (non-hydrogen) atoms. The largest absolute Gasteiger partial charge is 0.480 e. The summed E-state index contributed by atoms with van der Waals surface area (Å²) in [5.74, 6) is -1.18. The Hall–Kier alpha value is -1.63. The fourth-order valence-electron chi connectivity index (χ4n) is 2.61. The molecule has 0 unspecified atom stereocenters. The van der Waals surface area contributed by atoms with Gasteiger partial charge in [0.15, 0.2) is 0 Å². The molecule has 0 radical (unpaired) electrons. The van der Waals surface area contributed by atoms with E-state index in [4.69, 9.17) is 16.7 Å². The number of aliphatic hydroxyl groups excluding tert-OH is 1. The molecule has 1 fully saturated rings. The second-order valence-corrected chi connectivity index (χ2v) is 6.02. The van der Waals surface area contributed by atoms with E-state index in [0.29, 0.717) is 10.6 Å². The third-order valence-electron chi connectivity index (χ3n) is 3.92. The summed E-state index contributed by atoms with van der Waals surface area (Å²) < 4.78 is 0. The first-order valence-corrected chi connectivity index (χ1v) is 7.33. The standard InChI is InChI=1S/C15H19ClN2O4/c1-9-3-4-10(5-11(9)16)15(22)18-6-12(13(19)7-18)17(2)8-14(20)21/h3-5,12-13,19H,6-8H2,1-2H3,(H,20,21)/t12-,13+/m0/s1. The molecule has 6 nitrogen and oxygen atoms in total. The third kappa shape index (κ3) is 3.58. The van der Waals surface area contributed by atoms with Crippen LogP contribution in [-0.4, -0.2) is 70.7 Å². The first-order chi connectivity index (χ1) is 10.3. The van der Waals surface area contributed by atoms with Crippen molar-refractivity contribution < 1.29 is 19.8 Å². The Balaban J connectivity index is 2.09. The number of carbonyl (C=O) groups excluding carboxylic acids is 1. The molecule has 0 bridgehead atoms. The normalized spacial score (nSPS) is 21.4. The maximum absolute atomic E-state index is 12.5. The highest BCUT2D eigenvalue weighted by atomic mass is 35.5. The summed E-state index contributed by atoms with van der Waals surface area (Å²) >= 11 is 6.04. The number of amides is 1. The molecule has 0 spiro atoms. The van der Waals surface area contributed by atoms with Gasteiger partial charge in [-0.05, 0) is 31.7 Å². The number of nitrogens with zero attached hydrogens (tertiary/aromatic N) is 2. The molecule has 0 aromatic heterocycles. The number of rotatable bonds is 4. The lowest BCUT2D eigenvalue weighted by molar-refractivity contribution is -0.138. The van der Waals surface area contributed by atoms with E-state index in [1.807, 2.05) is 6.92 Å². The van der Waals surface area contributed by atoms with Gasteiger partial charge in [-0.2, -0.15) is 0 Å². The molecule has 1 aromatic rings. The van der Waals surface area contributed by atoms with Crippen LogP contribution < -0.4 is 0 Å². The topological polar surface area (TPSA) is 81.1 Å². The molecule has 1 aromatic carbocycles. The summed E-state index contributed by atoms with van der Waals surface area (Å²) in [5, 5.41) is 19.4. The summed E-state index contributed by atoms with van der Waals surface area (Å²) in [6.07, 6.45) is -0.769. The molecular formula is C15H19ClN2O4. The number of hydrogen-bond donors (Lipinski definition) is 2. The Morgan fingerprint density at radius 3 is 2.68 bits per heavy atom.